The summed E-state index contributed by atoms with van der Waals surface area (Å²) in [6, 6.07) is 0. The molecule has 0 aromatic heterocycles. The Morgan fingerprint density at radius 3 is 2.67 bits per heavy atom. The van der Waals surface area contributed by atoms with Crippen LogP contribution in [0.2, 0.25) is 0 Å². The van der Waals surface area contributed by atoms with E-state index in [1.54, 1.807) is 7.11 Å². The monoisotopic (exact) mass is 217 g/mol. The molecular formula is C11H23NO3. The van der Waals surface area contributed by atoms with Crippen molar-refractivity contribution in [1.29, 1.82) is 0 Å². The van der Waals surface area contributed by atoms with Gasteiger partial charge in [0.25, 0.3) is 0 Å². The van der Waals surface area contributed by atoms with E-state index in [2.05, 4.69) is 5.32 Å². The first kappa shape index (κ1) is 12.9. The average Bonchev–Trinajstić information content (AvgIpc) is 2.19. The number of aliphatic hydroxyl groups is 1. The maximum absolute atomic E-state index is 9.76. The Kier molecular flexibility index (Phi) is 6.17. The molecule has 0 radical (unpaired) electrons. The van der Waals surface area contributed by atoms with E-state index in [-0.39, 0.29) is 0 Å². The van der Waals surface area contributed by atoms with Gasteiger partial charge in [0.1, 0.15) is 0 Å². The van der Waals surface area contributed by atoms with Crippen LogP contribution in [0, 0.1) is 0 Å². The first-order valence-electron chi connectivity index (χ1n) is 5.77. The van der Waals surface area contributed by atoms with Crippen molar-refractivity contribution >= 4 is 0 Å². The molecule has 1 rings (SSSR count). The topological polar surface area (TPSA) is 50.7 Å². The molecule has 0 heterocycles. The van der Waals surface area contributed by atoms with Gasteiger partial charge in [-0.05, 0) is 25.7 Å². The van der Waals surface area contributed by atoms with E-state index >= 15 is 0 Å². The highest BCUT2D eigenvalue weighted by Gasteiger charge is 2.33. The van der Waals surface area contributed by atoms with Gasteiger partial charge in [-0.2, -0.15) is 0 Å². The quantitative estimate of drug-likeness (QED) is 0.554. The van der Waals surface area contributed by atoms with Crippen LogP contribution in [0.25, 0.3) is 0 Å². The standard InChI is InChI=1S/C11H23NO3/c1-14-7-3-8-15-9-6-12-10-11(13)4-2-5-11/h12-13H,2-10H2,1H3. The molecule has 1 aliphatic rings. The molecule has 2 N–H and O–H groups in total. The summed E-state index contributed by atoms with van der Waals surface area (Å²) >= 11 is 0. The Labute approximate surface area is 92.0 Å². The van der Waals surface area contributed by atoms with Crippen molar-refractivity contribution in [3.05, 3.63) is 0 Å². The summed E-state index contributed by atoms with van der Waals surface area (Å²) < 4.78 is 10.3. The van der Waals surface area contributed by atoms with Crippen LogP contribution in [0.5, 0.6) is 0 Å². The smallest absolute Gasteiger partial charge is 0.0771 e. The van der Waals surface area contributed by atoms with E-state index in [1.165, 1.54) is 0 Å². The zero-order chi connectivity index (χ0) is 11.0. The minimum atomic E-state index is -0.421. The summed E-state index contributed by atoms with van der Waals surface area (Å²) in [5, 5.41) is 13.0. The van der Waals surface area contributed by atoms with Gasteiger partial charge >= 0.3 is 0 Å². The fourth-order valence-corrected chi connectivity index (χ4v) is 1.63. The van der Waals surface area contributed by atoms with Crippen molar-refractivity contribution in [2.24, 2.45) is 0 Å². The first-order valence-corrected chi connectivity index (χ1v) is 5.77. The van der Waals surface area contributed by atoms with Crippen molar-refractivity contribution in [2.75, 3.05) is 40.0 Å². The molecule has 4 heteroatoms. The van der Waals surface area contributed by atoms with E-state index in [4.69, 9.17) is 9.47 Å². The molecule has 1 aliphatic carbocycles. The van der Waals surface area contributed by atoms with Gasteiger partial charge in [-0.15, -0.1) is 0 Å². The maximum atomic E-state index is 9.76. The van der Waals surface area contributed by atoms with Crippen molar-refractivity contribution in [1.82, 2.24) is 5.32 Å². The molecule has 4 nitrogen and oxygen atoms in total. The van der Waals surface area contributed by atoms with Crippen LogP contribution in [0.4, 0.5) is 0 Å². The second-order valence-electron chi connectivity index (χ2n) is 4.21. The SMILES string of the molecule is COCCCOCCNCC1(O)CCC1. The molecule has 0 saturated heterocycles. The van der Waals surface area contributed by atoms with E-state index in [9.17, 15) is 5.11 Å². The molecule has 0 unspecified atom stereocenters. The molecule has 0 bridgehead atoms. The largest absolute Gasteiger partial charge is 0.389 e. The Hall–Kier alpha value is -0.160. The molecule has 90 valence electrons. The molecule has 15 heavy (non-hydrogen) atoms. The number of ether oxygens (including phenoxy) is 2. The molecule has 1 fully saturated rings. The number of nitrogens with one attached hydrogen (secondary N) is 1. The Morgan fingerprint density at radius 2 is 2.07 bits per heavy atom. The average molecular weight is 217 g/mol. The summed E-state index contributed by atoms with van der Waals surface area (Å²) in [5.74, 6) is 0. The van der Waals surface area contributed by atoms with Gasteiger partial charge in [0.2, 0.25) is 0 Å². The minimum Gasteiger partial charge on any atom is -0.389 e. The lowest BCUT2D eigenvalue weighted by atomic mass is 9.80. The van der Waals surface area contributed by atoms with E-state index in [1.807, 2.05) is 0 Å². The van der Waals surface area contributed by atoms with Crippen LogP contribution in [0.3, 0.4) is 0 Å². The second-order valence-corrected chi connectivity index (χ2v) is 4.21. The summed E-state index contributed by atoms with van der Waals surface area (Å²) in [5.41, 5.74) is -0.421. The van der Waals surface area contributed by atoms with Crippen molar-refractivity contribution in [3.8, 4) is 0 Å². The number of hydrogen-bond acceptors (Lipinski definition) is 4. The van der Waals surface area contributed by atoms with Crippen molar-refractivity contribution < 1.29 is 14.6 Å². The molecule has 1 saturated carbocycles. The predicted molar refractivity (Wildman–Crippen MR) is 59.0 cm³/mol. The number of hydrogen-bond donors (Lipinski definition) is 2. The molecule has 0 aliphatic heterocycles. The normalized spacial score (nSPS) is 18.8. The van der Waals surface area contributed by atoms with Crippen LogP contribution in [0.15, 0.2) is 0 Å². The van der Waals surface area contributed by atoms with Gasteiger partial charge in [-0.1, -0.05) is 0 Å². The Balaban J connectivity index is 1.77. The second kappa shape index (κ2) is 7.17. The lowest BCUT2D eigenvalue weighted by molar-refractivity contribution is -0.0322. The van der Waals surface area contributed by atoms with Crippen LogP contribution in [-0.4, -0.2) is 50.7 Å². The van der Waals surface area contributed by atoms with E-state index in [0.29, 0.717) is 13.2 Å². The zero-order valence-corrected chi connectivity index (χ0v) is 9.63. The van der Waals surface area contributed by atoms with Crippen molar-refractivity contribution in [3.63, 3.8) is 0 Å². The molecule has 0 atom stereocenters. The number of rotatable bonds is 9. The lowest BCUT2D eigenvalue weighted by Gasteiger charge is -2.36. The Morgan fingerprint density at radius 1 is 1.27 bits per heavy atom. The van der Waals surface area contributed by atoms with E-state index in [0.717, 1.165) is 45.4 Å². The fourth-order valence-electron chi connectivity index (χ4n) is 1.63. The van der Waals surface area contributed by atoms with Gasteiger partial charge in [-0.3, -0.25) is 0 Å². The van der Waals surface area contributed by atoms with E-state index < -0.39 is 5.60 Å². The third-order valence-electron chi connectivity index (χ3n) is 2.80. The Bertz CT molecular complexity index is 160. The van der Waals surface area contributed by atoms with Crippen molar-refractivity contribution in [2.45, 2.75) is 31.3 Å². The fraction of sp³-hybridized carbons (Fsp3) is 1.00. The van der Waals surface area contributed by atoms with Gasteiger partial charge in [-0.25, -0.2) is 0 Å². The van der Waals surface area contributed by atoms with Gasteiger partial charge in [0, 0.05) is 33.4 Å². The zero-order valence-electron chi connectivity index (χ0n) is 9.63. The molecule has 0 aromatic rings. The summed E-state index contributed by atoms with van der Waals surface area (Å²) in [6.07, 6.45) is 3.98. The third-order valence-corrected chi connectivity index (χ3v) is 2.80. The lowest BCUT2D eigenvalue weighted by Crippen LogP contribution is -2.46. The highest BCUT2D eigenvalue weighted by atomic mass is 16.5. The number of methoxy groups -OCH3 is 1. The molecule has 0 aromatic carbocycles. The predicted octanol–water partition coefficient (Wildman–Crippen LogP) is 0.544. The van der Waals surface area contributed by atoms with Crippen LogP contribution in [-0.2, 0) is 9.47 Å². The van der Waals surface area contributed by atoms with Gasteiger partial charge in [0.15, 0.2) is 0 Å². The third kappa shape index (κ3) is 5.47. The van der Waals surface area contributed by atoms with Crippen LogP contribution < -0.4 is 5.32 Å². The van der Waals surface area contributed by atoms with Crippen LogP contribution in [0.1, 0.15) is 25.7 Å². The minimum absolute atomic E-state index is 0.421. The molecule has 0 amide bonds. The van der Waals surface area contributed by atoms with Crippen LogP contribution >= 0.6 is 0 Å². The molecular weight excluding hydrogens is 194 g/mol. The maximum Gasteiger partial charge on any atom is 0.0771 e. The highest BCUT2D eigenvalue weighted by Crippen LogP contribution is 2.30. The van der Waals surface area contributed by atoms with Gasteiger partial charge in [0.05, 0.1) is 12.2 Å². The highest BCUT2D eigenvalue weighted by molar-refractivity contribution is 4.89. The van der Waals surface area contributed by atoms with Gasteiger partial charge < -0.3 is 19.9 Å². The summed E-state index contributed by atoms with van der Waals surface area (Å²) in [7, 11) is 1.70. The summed E-state index contributed by atoms with van der Waals surface area (Å²) in [6.45, 7) is 3.73. The summed E-state index contributed by atoms with van der Waals surface area (Å²) in [4.78, 5) is 0. The molecule has 0 spiro atoms. The first-order chi connectivity index (χ1) is 7.27.